The number of benzene rings is 2. The van der Waals surface area contributed by atoms with E-state index in [-0.39, 0.29) is 5.82 Å². The van der Waals surface area contributed by atoms with Crippen molar-refractivity contribution < 1.29 is 8.81 Å². The summed E-state index contributed by atoms with van der Waals surface area (Å²) in [6, 6.07) is 10.5. The largest absolute Gasteiger partial charge is 0.455 e. The first-order valence-electron chi connectivity index (χ1n) is 6.12. The minimum absolute atomic E-state index is 0.241. The smallest absolute Gasteiger partial charge is 0.148 e. The molecule has 0 aliphatic rings. The van der Waals surface area contributed by atoms with Crippen molar-refractivity contribution in [2.75, 3.05) is 6.26 Å². The average Bonchev–Trinajstić information content (AvgIpc) is 2.78. The number of rotatable bonds is 2. The minimum atomic E-state index is -0.241. The molecule has 0 saturated carbocycles. The van der Waals surface area contributed by atoms with E-state index >= 15 is 0 Å². The Morgan fingerprint density at radius 2 is 1.85 bits per heavy atom. The predicted octanol–water partition coefficient (Wildman–Crippen LogP) is 6.03. The van der Waals surface area contributed by atoms with E-state index in [1.54, 1.807) is 23.9 Å². The molecule has 0 saturated heterocycles. The van der Waals surface area contributed by atoms with Gasteiger partial charge in [0.25, 0.3) is 0 Å². The summed E-state index contributed by atoms with van der Waals surface area (Å²) in [6.07, 6.45) is 2.02. The minimum Gasteiger partial charge on any atom is -0.455 e. The van der Waals surface area contributed by atoms with Crippen molar-refractivity contribution >= 4 is 38.7 Å². The number of hydrogen-bond acceptors (Lipinski definition) is 2. The molecular formula is C16H12BrFOS. The first-order chi connectivity index (χ1) is 9.60. The lowest BCUT2D eigenvalue weighted by molar-refractivity contribution is 0.618. The Hall–Kier alpha value is -1.26. The zero-order valence-corrected chi connectivity index (χ0v) is 13.4. The molecule has 20 heavy (non-hydrogen) atoms. The van der Waals surface area contributed by atoms with Gasteiger partial charge in [0.2, 0.25) is 0 Å². The third kappa shape index (κ3) is 2.27. The molecule has 0 aliphatic heterocycles. The van der Waals surface area contributed by atoms with E-state index < -0.39 is 0 Å². The van der Waals surface area contributed by atoms with Crippen LogP contribution < -0.4 is 0 Å². The second-order valence-corrected chi connectivity index (χ2v) is 6.30. The second kappa shape index (κ2) is 5.26. The van der Waals surface area contributed by atoms with Crippen LogP contribution in [-0.2, 0) is 0 Å². The SMILES string of the molecule is CSc1c(-c2ccc(F)cc2)oc2c(C)cc(Br)cc12. The molecule has 3 aromatic rings. The van der Waals surface area contributed by atoms with Crippen LogP contribution in [0.15, 0.2) is 50.2 Å². The molecule has 0 atom stereocenters. The molecule has 1 nitrogen and oxygen atoms in total. The van der Waals surface area contributed by atoms with Crippen LogP contribution in [0.25, 0.3) is 22.3 Å². The highest BCUT2D eigenvalue weighted by atomic mass is 79.9. The fourth-order valence-electron chi connectivity index (χ4n) is 2.30. The number of halogens is 2. The fraction of sp³-hybridized carbons (Fsp3) is 0.125. The molecule has 102 valence electrons. The monoisotopic (exact) mass is 350 g/mol. The highest BCUT2D eigenvalue weighted by molar-refractivity contribution is 9.10. The van der Waals surface area contributed by atoms with Crippen molar-refractivity contribution in [2.45, 2.75) is 11.8 Å². The molecule has 0 radical (unpaired) electrons. The van der Waals surface area contributed by atoms with Crippen LogP contribution in [0.2, 0.25) is 0 Å². The molecular weight excluding hydrogens is 339 g/mol. The molecule has 0 spiro atoms. The highest BCUT2D eigenvalue weighted by Gasteiger charge is 2.17. The predicted molar refractivity (Wildman–Crippen MR) is 85.8 cm³/mol. The van der Waals surface area contributed by atoms with Crippen molar-refractivity contribution in [1.82, 2.24) is 0 Å². The quantitative estimate of drug-likeness (QED) is 0.523. The van der Waals surface area contributed by atoms with Gasteiger partial charge in [0, 0.05) is 15.4 Å². The molecule has 1 aromatic heterocycles. The lowest BCUT2D eigenvalue weighted by Crippen LogP contribution is -1.78. The maximum atomic E-state index is 13.1. The van der Waals surface area contributed by atoms with Gasteiger partial charge in [-0.3, -0.25) is 0 Å². The van der Waals surface area contributed by atoms with Gasteiger partial charge in [-0.15, -0.1) is 11.8 Å². The lowest BCUT2D eigenvalue weighted by Gasteiger charge is -2.00. The molecule has 0 aliphatic carbocycles. The molecule has 0 N–H and O–H groups in total. The Balaban J connectivity index is 2.30. The summed E-state index contributed by atoms with van der Waals surface area (Å²) in [6.45, 7) is 2.02. The van der Waals surface area contributed by atoms with Crippen molar-refractivity contribution in [2.24, 2.45) is 0 Å². The molecule has 0 amide bonds. The third-order valence-corrected chi connectivity index (χ3v) is 4.48. The van der Waals surface area contributed by atoms with Crippen molar-refractivity contribution in [1.29, 1.82) is 0 Å². The number of aryl methyl sites for hydroxylation is 1. The molecule has 0 bridgehead atoms. The standard InChI is InChI=1S/C16H12BrFOS/c1-9-7-11(17)8-13-14(9)19-15(16(13)20-2)10-3-5-12(18)6-4-10/h3-8H,1-2H3. The maximum absolute atomic E-state index is 13.1. The number of fused-ring (bicyclic) bond motifs is 1. The van der Waals surface area contributed by atoms with Gasteiger partial charge in [-0.25, -0.2) is 4.39 Å². The summed E-state index contributed by atoms with van der Waals surface area (Å²) >= 11 is 5.16. The number of hydrogen-bond donors (Lipinski definition) is 0. The van der Waals surface area contributed by atoms with Gasteiger partial charge in [0.15, 0.2) is 0 Å². The topological polar surface area (TPSA) is 13.1 Å². The van der Waals surface area contributed by atoms with E-state index in [9.17, 15) is 4.39 Å². The van der Waals surface area contributed by atoms with Gasteiger partial charge in [-0.2, -0.15) is 0 Å². The van der Waals surface area contributed by atoms with Crippen molar-refractivity contribution in [3.8, 4) is 11.3 Å². The van der Waals surface area contributed by atoms with E-state index in [1.165, 1.54) is 12.1 Å². The van der Waals surface area contributed by atoms with Gasteiger partial charge in [-0.05, 0) is 55.1 Å². The molecule has 4 heteroatoms. The summed E-state index contributed by atoms with van der Waals surface area (Å²) in [7, 11) is 0. The van der Waals surface area contributed by atoms with Gasteiger partial charge in [0.05, 0.1) is 4.90 Å². The maximum Gasteiger partial charge on any atom is 0.148 e. The van der Waals surface area contributed by atoms with Gasteiger partial charge in [0.1, 0.15) is 17.2 Å². The molecule has 3 rings (SSSR count). The van der Waals surface area contributed by atoms with E-state index in [0.29, 0.717) is 0 Å². The van der Waals surface area contributed by atoms with E-state index in [4.69, 9.17) is 4.42 Å². The summed E-state index contributed by atoms with van der Waals surface area (Å²) < 4.78 is 20.1. The summed E-state index contributed by atoms with van der Waals surface area (Å²) in [4.78, 5) is 1.08. The van der Waals surface area contributed by atoms with Crippen LogP contribution in [0.5, 0.6) is 0 Å². The van der Waals surface area contributed by atoms with E-state index in [1.807, 2.05) is 19.2 Å². The van der Waals surface area contributed by atoms with Crippen molar-refractivity contribution in [3.05, 3.63) is 52.3 Å². The van der Waals surface area contributed by atoms with Gasteiger partial charge < -0.3 is 4.42 Å². The average molecular weight is 351 g/mol. The van der Waals surface area contributed by atoms with Crippen LogP contribution >= 0.6 is 27.7 Å². The zero-order chi connectivity index (χ0) is 14.3. The van der Waals surface area contributed by atoms with Crippen LogP contribution in [-0.4, -0.2) is 6.26 Å². The lowest BCUT2D eigenvalue weighted by atomic mass is 10.1. The Bertz CT molecular complexity index is 777. The van der Waals surface area contributed by atoms with E-state index in [0.717, 1.165) is 37.2 Å². The Morgan fingerprint density at radius 3 is 2.50 bits per heavy atom. The summed E-state index contributed by atoms with van der Waals surface area (Å²) in [5.41, 5.74) is 2.86. The zero-order valence-electron chi connectivity index (χ0n) is 11.0. The normalized spacial score (nSPS) is 11.2. The number of thioether (sulfide) groups is 1. The summed E-state index contributed by atoms with van der Waals surface area (Å²) in [5.74, 6) is 0.559. The fourth-order valence-corrected chi connectivity index (χ4v) is 3.59. The molecule has 0 unspecified atom stereocenters. The second-order valence-electron chi connectivity index (χ2n) is 4.57. The van der Waals surface area contributed by atoms with Gasteiger partial charge >= 0.3 is 0 Å². The van der Waals surface area contributed by atoms with Gasteiger partial charge in [-0.1, -0.05) is 15.9 Å². The first-order valence-corrected chi connectivity index (χ1v) is 8.14. The van der Waals surface area contributed by atoms with Crippen LogP contribution in [0.4, 0.5) is 4.39 Å². The molecule has 0 fully saturated rings. The van der Waals surface area contributed by atoms with Crippen LogP contribution in [0, 0.1) is 12.7 Å². The molecule has 1 heterocycles. The number of furan rings is 1. The Labute approximate surface area is 129 Å². The Kier molecular flexibility index (Phi) is 3.61. The van der Waals surface area contributed by atoms with Crippen molar-refractivity contribution in [3.63, 3.8) is 0 Å². The van der Waals surface area contributed by atoms with Crippen LogP contribution in [0.3, 0.4) is 0 Å². The molecule has 2 aromatic carbocycles. The third-order valence-electron chi connectivity index (χ3n) is 3.20. The van der Waals surface area contributed by atoms with Crippen LogP contribution in [0.1, 0.15) is 5.56 Å². The van der Waals surface area contributed by atoms with E-state index in [2.05, 4.69) is 22.0 Å². The first kappa shape index (κ1) is 13.7. The summed E-state index contributed by atoms with van der Waals surface area (Å²) in [5, 5.41) is 1.09. The highest BCUT2D eigenvalue weighted by Crippen LogP contribution is 2.41. The Morgan fingerprint density at radius 1 is 1.15 bits per heavy atom.